The first-order valence-corrected chi connectivity index (χ1v) is 8.98. The van der Waals surface area contributed by atoms with Gasteiger partial charge in [-0.15, -0.1) is 11.3 Å². The molecule has 0 saturated heterocycles. The molecule has 0 atom stereocenters. The second-order valence-corrected chi connectivity index (χ2v) is 7.07. The average molecular weight is 375 g/mol. The molecule has 3 rings (SSSR count). The normalized spacial score (nSPS) is 10.7. The first kappa shape index (κ1) is 17.6. The molecule has 0 aliphatic carbocycles. The molecule has 3 aromatic rings. The van der Waals surface area contributed by atoms with E-state index in [-0.39, 0.29) is 11.7 Å². The van der Waals surface area contributed by atoms with Crippen molar-refractivity contribution in [2.45, 2.75) is 13.3 Å². The Morgan fingerprint density at radius 2 is 2.00 bits per heavy atom. The molecule has 0 spiro atoms. The summed E-state index contributed by atoms with van der Waals surface area (Å²) in [7, 11) is 0. The number of benzene rings is 2. The molecule has 1 amide bonds. The van der Waals surface area contributed by atoms with Crippen LogP contribution in [0, 0.1) is 12.7 Å². The maximum Gasteiger partial charge on any atom is 0.251 e. The maximum atomic E-state index is 13.0. The van der Waals surface area contributed by atoms with Gasteiger partial charge in [0.1, 0.15) is 10.8 Å². The predicted octanol–water partition coefficient (Wildman–Crippen LogP) is 4.88. The molecule has 0 aliphatic rings. The van der Waals surface area contributed by atoms with Crippen LogP contribution in [0.2, 0.25) is 5.02 Å². The smallest absolute Gasteiger partial charge is 0.251 e. The number of carbonyl (C=O) groups is 1. The van der Waals surface area contributed by atoms with Crippen molar-refractivity contribution in [1.29, 1.82) is 0 Å². The van der Waals surface area contributed by atoms with E-state index in [1.165, 1.54) is 12.1 Å². The van der Waals surface area contributed by atoms with Gasteiger partial charge >= 0.3 is 0 Å². The Morgan fingerprint density at radius 1 is 1.24 bits per heavy atom. The second kappa shape index (κ2) is 7.76. The molecule has 2 aromatic carbocycles. The number of rotatable bonds is 5. The summed E-state index contributed by atoms with van der Waals surface area (Å²) in [5, 5.41) is 4.28. The average Bonchev–Trinajstić information content (AvgIpc) is 2.96. The number of aromatic nitrogens is 1. The van der Waals surface area contributed by atoms with Crippen molar-refractivity contribution in [2.75, 3.05) is 6.54 Å². The SMILES string of the molecule is Cc1nc(-c2ccc(F)cc2)sc1CCNC(=O)c1cccc(Cl)c1. The van der Waals surface area contributed by atoms with Gasteiger partial charge in [-0.2, -0.15) is 0 Å². The Labute approximate surface area is 154 Å². The van der Waals surface area contributed by atoms with E-state index in [4.69, 9.17) is 11.6 Å². The predicted molar refractivity (Wildman–Crippen MR) is 99.7 cm³/mol. The number of hydrogen-bond acceptors (Lipinski definition) is 3. The minimum Gasteiger partial charge on any atom is -0.352 e. The Balaban J connectivity index is 1.62. The lowest BCUT2D eigenvalue weighted by Crippen LogP contribution is -2.25. The molecule has 1 N–H and O–H groups in total. The molecule has 3 nitrogen and oxygen atoms in total. The Morgan fingerprint density at radius 3 is 2.72 bits per heavy atom. The van der Waals surface area contributed by atoms with E-state index in [9.17, 15) is 9.18 Å². The summed E-state index contributed by atoms with van der Waals surface area (Å²) >= 11 is 7.46. The summed E-state index contributed by atoms with van der Waals surface area (Å²) in [5.41, 5.74) is 2.37. The molecule has 128 valence electrons. The van der Waals surface area contributed by atoms with Crippen LogP contribution in [0.3, 0.4) is 0 Å². The van der Waals surface area contributed by atoms with Crippen molar-refractivity contribution < 1.29 is 9.18 Å². The zero-order valence-electron chi connectivity index (χ0n) is 13.6. The summed E-state index contributed by atoms with van der Waals surface area (Å²) in [6.07, 6.45) is 0.691. The van der Waals surface area contributed by atoms with Crippen LogP contribution in [0.5, 0.6) is 0 Å². The summed E-state index contributed by atoms with van der Waals surface area (Å²) in [6, 6.07) is 13.1. The molecule has 0 unspecified atom stereocenters. The number of nitrogens with zero attached hydrogens (tertiary/aromatic N) is 1. The fraction of sp³-hybridized carbons (Fsp3) is 0.158. The Bertz CT molecular complexity index is 893. The molecule has 0 saturated carbocycles. The van der Waals surface area contributed by atoms with Crippen LogP contribution >= 0.6 is 22.9 Å². The summed E-state index contributed by atoms with van der Waals surface area (Å²) in [5.74, 6) is -0.413. The third kappa shape index (κ3) is 4.44. The molecule has 25 heavy (non-hydrogen) atoms. The molecular formula is C19H16ClFN2OS. The minimum atomic E-state index is -0.263. The monoisotopic (exact) mass is 374 g/mol. The third-order valence-electron chi connectivity index (χ3n) is 3.71. The van der Waals surface area contributed by atoms with Crippen molar-refractivity contribution in [3.05, 3.63) is 75.5 Å². The van der Waals surface area contributed by atoms with Gasteiger partial charge in [0.05, 0.1) is 5.69 Å². The van der Waals surface area contributed by atoms with Crippen molar-refractivity contribution >= 4 is 28.8 Å². The molecular weight excluding hydrogens is 359 g/mol. The van der Waals surface area contributed by atoms with E-state index in [1.54, 1.807) is 47.7 Å². The molecule has 0 radical (unpaired) electrons. The third-order valence-corrected chi connectivity index (χ3v) is 5.21. The highest BCUT2D eigenvalue weighted by atomic mass is 35.5. The molecule has 1 aromatic heterocycles. The van der Waals surface area contributed by atoms with E-state index in [1.807, 2.05) is 6.92 Å². The van der Waals surface area contributed by atoms with Crippen LogP contribution in [-0.2, 0) is 6.42 Å². The molecule has 1 heterocycles. The number of hydrogen-bond donors (Lipinski definition) is 1. The van der Waals surface area contributed by atoms with Gasteiger partial charge in [0.25, 0.3) is 5.91 Å². The highest BCUT2D eigenvalue weighted by Gasteiger charge is 2.11. The van der Waals surface area contributed by atoms with Gasteiger partial charge in [-0.25, -0.2) is 9.37 Å². The van der Waals surface area contributed by atoms with Gasteiger partial charge in [-0.05, 0) is 49.4 Å². The number of carbonyl (C=O) groups excluding carboxylic acids is 1. The lowest BCUT2D eigenvalue weighted by Gasteiger charge is -2.05. The van der Waals surface area contributed by atoms with Crippen LogP contribution in [-0.4, -0.2) is 17.4 Å². The van der Waals surface area contributed by atoms with E-state index >= 15 is 0 Å². The lowest BCUT2D eigenvalue weighted by molar-refractivity contribution is 0.0954. The van der Waals surface area contributed by atoms with Gasteiger partial charge in [-0.3, -0.25) is 4.79 Å². The lowest BCUT2D eigenvalue weighted by atomic mass is 10.2. The minimum absolute atomic E-state index is 0.150. The summed E-state index contributed by atoms with van der Waals surface area (Å²) in [4.78, 5) is 17.8. The van der Waals surface area contributed by atoms with Crippen molar-refractivity contribution in [2.24, 2.45) is 0 Å². The van der Waals surface area contributed by atoms with Crippen LogP contribution in [0.1, 0.15) is 20.9 Å². The van der Waals surface area contributed by atoms with Gasteiger partial charge < -0.3 is 5.32 Å². The quantitative estimate of drug-likeness (QED) is 0.691. The van der Waals surface area contributed by atoms with E-state index < -0.39 is 0 Å². The molecule has 6 heteroatoms. The largest absolute Gasteiger partial charge is 0.352 e. The van der Waals surface area contributed by atoms with Crippen LogP contribution < -0.4 is 5.32 Å². The number of thiazole rings is 1. The maximum absolute atomic E-state index is 13.0. The summed E-state index contributed by atoms with van der Waals surface area (Å²) < 4.78 is 13.0. The number of aryl methyl sites for hydroxylation is 1. The van der Waals surface area contributed by atoms with Gasteiger partial charge in [0.2, 0.25) is 0 Å². The Kier molecular flexibility index (Phi) is 5.46. The fourth-order valence-corrected chi connectivity index (χ4v) is 3.65. The van der Waals surface area contributed by atoms with Crippen LogP contribution in [0.15, 0.2) is 48.5 Å². The first-order valence-electron chi connectivity index (χ1n) is 7.79. The van der Waals surface area contributed by atoms with E-state index in [0.717, 1.165) is 21.1 Å². The topological polar surface area (TPSA) is 42.0 Å². The Hall–Kier alpha value is -2.24. The zero-order valence-corrected chi connectivity index (χ0v) is 15.1. The van der Waals surface area contributed by atoms with E-state index in [2.05, 4.69) is 10.3 Å². The van der Waals surface area contributed by atoms with Crippen LogP contribution in [0.25, 0.3) is 10.6 Å². The molecule has 0 fully saturated rings. The standard InChI is InChI=1S/C19H16ClFN2OS/c1-12-17(25-19(23-12)13-5-7-16(21)8-6-13)9-10-22-18(24)14-3-2-4-15(20)11-14/h2-8,11H,9-10H2,1H3,(H,22,24). The first-order chi connectivity index (χ1) is 12.0. The molecule has 0 bridgehead atoms. The van der Waals surface area contributed by atoms with Gasteiger partial charge in [0, 0.05) is 34.0 Å². The highest BCUT2D eigenvalue weighted by Crippen LogP contribution is 2.28. The van der Waals surface area contributed by atoms with Crippen molar-refractivity contribution in [3.8, 4) is 10.6 Å². The second-order valence-electron chi connectivity index (χ2n) is 5.55. The van der Waals surface area contributed by atoms with Gasteiger partial charge in [0.15, 0.2) is 0 Å². The highest BCUT2D eigenvalue weighted by molar-refractivity contribution is 7.15. The molecule has 0 aliphatic heterocycles. The van der Waals surface area contributed by atoms with Crippen molar-refractivity contribution in [3.63, 3.8) is 0 Å². The fourth-order valence-electron chi connectivity index (χ4n) is 2.40. The number of nitrogens with one attached hydrogen (secondary N) is 1. The zero-order chi connectivity index (χ0) is 17.8. The van der Waals surface area contributed by atoms with Crippen LogP contribution in [0.4, 0.5) is 4.39 Å². The number of halogens is 2. The van der Waals surface area contributed by atoms with Gasteiger partial charge in [-0.1, -0.05) is 17.7 Å². The van der Waals surface area contributed by atoms with E-state index in [0.29, 0.717) is 23.6 Å². The van der Waals surface area contributed by atoms with Crippen molar-refractivity contribution in [1.82, 2.24) is 10.3 Å². The number of amides is 1. The summed E-state index contributed by atoms with van der Waals surface area (Å²) in [6.45, 7) is 2.45.